The van der Waals surface area contributed by atoms with Gasteiger partial charge in [-0.3, -0.25) is 4.79 Å². The largest absolute Gasteiger partial charge is 0.360 e. The second-order valence-electron chi connectivity index (χ2n) is 7.97. The van der Waals surface area contributed by atoms with Gasteiger partial charge in [0.1, 0.15) is 0 Å². The van der Waals surface area contributed by atoms with Gasteiger partial charge in [-0.2, -0.15) is 0 Å². The van der Waals surface area contributed by atoms with Gasteiger partial charge >= 0.3 is 0 Å². The number of aryl methyl sites for hydroxylation is 2. The fourth-order valence-electron chi connectivity index (χ4n) is 4.26. The molecular weight excluding hydrogens is 378 g/mol. The van der Waals surface area contributed by atoms with Crippen molar-refractivity contribution in [1.29, 1.82) is 0 Å². The molecule has 1 heterocycles. The molecular formula is C21H30ClN3OS. The Morgan fingerprint density at radius 1 is 1.11 bits per heavy atom. The Kier molecular flexibility index (Phi) is 6.99. The fourth-order valence-corrected chi connectivity index (χ4v) is 4.90. The summed E-state index contributed by atoms with van der Waals surface area (Å²) in [5.41, 5.74) is 3.08. The second kappa shape index (κ2) is 9.24. The zero-order valence-electron chi connectivity index (χ0n) is 16.3. The van der Waals surface area contributed by atoms with E-state index in [2.05, 4.69) is 21.6 Å². The van der Waals surface area contributed by atoms with Gasteiger partial charge in [0.2, 0.25) is 5.91 Å². The van der Waals surface area contributed by atoms with Gasteiger partial charge in [0.25, 0.3) is 0 Å². The van der Waals surface area contributed by atoms with Gasteiger partial charge in [-0.15, -0.1) is 0 Å². The molecule has 1 aromatic rings. The van der Waals surface area contributed by atoms with E-state index < -0.39 is 0 Å². The summed E-state index contributed by atoms with van der Waals surface area (Å²) in [6.45, 7) is 5.70. The van der Waals surface area contributed by atoms with E-state index >= 15 is 0 Å². The molecule has 1 aromatic carbocycles. The maximum Gasteiger partial charge on any atom is 0.225 e. The monoisotopic (exact) mass is 407 g/mol. The minimum absolute atomic E-state index is 0.262. The van der Waals surface area contributed by atoms with E-state index in [0.29, 0.717) is 22.1 Å². The average Bonchev–Trinajstić information content (AvgIpc) is 2.65. The maximum absolute atomic E-state index is 12.7. The van der Waals surface area contributed by atoms with Gasteiger partial charge in [0, 0.05) is 25.0 Å². The van der Waals surface area contributed by atoms with Crippen molar-refractivity contribution < 1.29 is 4.79 Å². The van der Waals surface area contributed by atoms with Crippen LogP contribution in [0.15, 0.2) is 12.1 Å². The lowest BCUT2D eigenvalue weighted by atomic mass is 9.87. The van der Waals surface area contributed by atoms with Crippen LogP contribution in [-0.2, 0) is 4.79 Å². The van der Waals surface area contributed by atoms with Gasteiger partial charge in [0.15, 0.2) is 5.11 Å². The third-order valence-corrected chi connectivity index (χ3v) is 6.28. The van der Waals surface area contributed by atoms with Crippen LogP contribution in [0.5, 0.6) is 0 Å². The number of hydrogen-bond donors (Lipinski definition) is 2. The number of carbonyl (C=O) groups is 1. The van der Waals surface area contributed by atoms with Crippen LogP contribution in [0.2, 0.25) is 5.02 Å². The average molecular weight is 408 g/mol. The number of nitrogens with zero attached hydrogens (tertiary/aromatic N) is 1. The summed E-state index contributed by atoms with van der Waals surface area (Å²) in [4.78, 5) is 14.7. The van der Waals surface area contributed by atoms with Crippen LogP contribution < -0.4 is 10.6 Å². The third-order valence-electron chi connectivity index (χ3n) is 5.77. The lowest BCUT2D eigenvalue weighted by Gasteiger charge is -2.35. The number of piperidine rings is 1. The van der Waals surface area contributed by atoms with Gasteiger partial charge < -0.3 is 15.5 Å². The summed E-state index contributed by atoms with van der Waals surface area (Å²) >= 11 is 11.8. The van der Waals surface area contributed by atoms with E-state index in [1.165, 1.54) is 19.3 Å². The first kappa shape index (κ1) is 20.4. The van der Waals surface area contributed by atoms with Gasteiger partial charge in [-0.05, 0) is 68.9 Å². The highest BCUT2D eigenvalue weighted by atomic mass is 35.5. The molecule has 1 saturated carbocycles. The van der Waals surface area contributed by atoms with Gasteiger partial charge in [-0.1, -0.05) is 36.9 Å². The first-order valence-electron chi connectivity index (χ1n) is 10.1. The lowest BCUT2D eigenvalue weighted by molar-refractivity contribution is -0.137. The van der Waals surface area contributed by atoms with Crippen molar-refractivity contribution in [3.8, 4) is 0 Å². The maximum atomic E-state index is 12.7. The molecule has 2 fully saturated rings. The third kappa shape index (κ3) is 5.35. The Balaban J connectivity index is 1.47. The molecule has 0 bridgehead atoms. The van der Waals surface area contributed by atoms with Crippen molar-refractivity contribution in [2.24, 2.45) is 5.92 Å². The normalized spacial score (nSPS) is 19.0. The lowest BCUT2D eigenvalue weighted by Crippen LogP contribution is -2.49. The highest BCUT2D eigenvalue weighted by Crippen LogP contribution is 2.28. The molecule has 27 heavy (non-hydrogen) atoms. The molecule has 1 aliphatic heterocycles. The highest BCUT2D eigenvalue weighted by Gasteiger charge is 2.29. The molecule has 148 valence electrons. The number of anilines is 1. The van der Waals surface area contributed by atoms with Crippen LogP contribution in [0.1, 0.15) is 56.1 Å². The number of benzene rings is 1. The standard InChI is InChI=1S/C21H30ClN3OS/c1-14-12-15(2)19(18(22)13-14)24-21(27)23-17-8-10-25(11-9-17)20(26)16-6-4-3-5-7-16/h12-13,16-17H,3-11H2,1-2H3,(H2,23,24,27). The van der Waals surface area contributed by atoms with Crippen molar-refractivity contribution >= 4 is 40.5 Å². The van der Waals surface area contributed by atoms with Crippen LogP contribution in [0, 0.1) is 19.8 Å². The van der Waals surface area contributed by atoms with Crippen molar-refractivity contribution in [2.75, 3.05) is 18.4 Å². The van der Waals surface area contributed by atoms with E-state index in [1.807, 2.05) is 19.9 Å². The summed E-state index contributed by atoms with van der Waals surface area (Å²) in [7, 11) is 0. The number of thiocarbonyl (C=S) groups is 1. The van der Waals surface area contributed by atoms with E-state index in [4.69, 9.17) is 23.8 Å². The minimum Gasteiger partial charge on any atom is -0.360 e. The Hall–Kier alpha value is -1.33. The molecule has 2 aliphatic rings. The summed E-state index contributed by atoms with van der Waals surface area (Å²) in [6, 6.07) is 4.33. The van der Waals surface area contributed by atoms with Gasteiger partial charge in [0.05, 0.1) is 10.7 Å². The van der Waals surface area contributed by atoms with Crippen LogP contribution in [0.25, 0.3) is 0 Å². The molecule has 1 aliphatic carbocycles. The summed E-state index contributed by atoms with van der Waals surface area (Å²) in [5, 5.41) is 7.93. The van der Waals surface area contributed by atoms with Crippen molar-refractivity contribution in [1.82, 2.24) is 10.2 Å². The van der Waals surface area contributed by atoms with Crippen LogP contribution >= 0.6 is 23.8 Å². The minimum atomic E-state index is 0.262. The second-order valence-corrected chi connectivity index (χ2v) is 8.79. The van der Waals surface area contributed by atoms with Crippen molar-refractivity contribution in [2.45, 2.75) is 64.8 Å². The molecule has 3 rings (SSSR count). The molecule has 2 N–H and O–H groups in total. The predicted octanol–water partition coefficient (Wildman–Crippen LogP) is 4.81. The zero-order chi connectivity index (χ0) is 19.4. The Bertz CT molecular complexity index is 672. The molecule has 0 unspecified atom stereocenters. The molecule has 4 nitrogen and oxygen atoms in total. The summed E-state index contributed by atoms with van der Waals surface area (Å²) < 4.78 is 0. The number of halogens is 1. The fraction of sp³-hybridized carbons (Fsp3) is 0.619. The molecule has 0 atom stereocenters. The molecule has 0 aromatic heterocycles. The first-order chi connectivity index (χ1) is 12.9. The zero-order valence-corrected chi connectivity index (χ0v) is 17.9. The highest BCUT2D eigenvalue weighted by molar-refractivity contribution is 7.80. The number of amides is 1. The topological polar surface area (TPSA) is 44.4 Å². The molecule has 6 heteroatoms. The quantitative estimate of drug-likeness (QED) is 0.705. The SMILES string of the molecule is Cc1cc(C)c(NC(=S)NC2CCN(C(=O)C3CCCCC3)CC2)c(Cl)c1. The summed E-state index contributed by atoms with van der Waals surface area (Å²) in [6.07, 6.45) is 7.69. The Labute approximate surface area is 173 Å². The van der Waals surface area contributed by atoms with Crippen molar-refractivity contribution in [3.63, 3.8) is 0 Å². The summed E-state index contributed by atoms with van der Waals surface area (Å²) in [5.74, 6) is 0.633. The van der Waals surface area contributed by atoms with E-state index in [9.17, 15) is 4.79 Å². The number of nitrogens with one attached hydrogen (secondary N) is 2. The predicted molar refractivity (Wildman–Crippen MR) is 116 cm³/mol. The van der Waals surface area contributed by atoms with Crippen LogP contribution in [0.4, 0.5) is 5.69 Å². The van der Waals surface area contributed by atoms with E-state index in [0.717, 1.165) is 55.6 Å². The van der Waals surface area contributed by atoms with E-state index in [-0.39, 0.29) is 5.92 Å². The first-order valence-corrected chi connectivity index (χ1v) is 10.9. The molecule has 1 amide bonds. The van der Waals surface area contributed by atoms with Crippen molar-refractivity contribution in [3.05, 3.63) is 28.3 Å². The number of rotatable bonds is 3. The molecule has 0 radical (unpaired) electrons. The van der Waals surface area contributed by atoms with Crippen LogP contribution in [0.3, 0.4) is 0 Å². The van der Waals surface area contributed by atoms with Gasteiger partial charge in [-0.25, -0.2) is 0 Å². The number of carbonyl (C=O) groups excluding carboxylic acids is 1. The number of likely N-dealkylation sites (tertiary alicyclic amines) is 1. The molecule has 1 saturated heterocycles. The molecule has 0 spiro atoms. The van der Waals surface area contributed by atoms with E-state index in [1.54, 1.807) is 0 Å². The number of hydrogen-bond acceptors (Lipinski definition) is 2. The smallest absolute Gasteiger partial charge is 0.225 e. The Morgan fingerprint density at radius 3 is 2.41 bits per heavy atom. The Morgan fingerprint density at radius 2 is 1.78 bits per heavy atom. The van der Waals surface area contributed by atoms with Crippen LogP contribution in [-0.4, -0.2) is 35.1 Å².